The molecule has 1 aliphatic heterocycles. The molecule has 0 aromatic heterocycles. The molecule has 40 heavy (non-hydrogen) atoms. The summed E-state index contributed by atoms with van der Waals surface area (Å²) in [6, 6.07) is 16.7. The molecular formula is C35H48N4O. The number of amidine groups is 1. The highest BCUT2D eigenvalue weighted by Gasteiger charge is 2.26. The highest BCUT2D eigenvalue weighted by atomic mass is 16.1. The molecule has 2 aromatic carbocycles. The zero-order chi connectivity index (χ0) is 28.9. The maximum absolute atomic E-state index is 11.1. The summed E-state index contributed by atoms with van der Waals surface area (Å²) in [5.41, 5.74) is 14.2. The summed E-state index contributed by atoms with van der Waals surface area (Å²) in [5, 5.41) is 2.71. The number of carbonyl (C=O) groups excluding carboxylic acids is 1. The summed E-state index contributed by atoms with van der Waals surface area (Å²) >= 11 is 0. The number of amides is 1. The van der Waals surface area contributed by atoms with E-state index in [4.69, 9.17) is 10.7 Å². The average molecular weight is 541 g/mol. The maximum atomic E-state index is 11.1. The van der Waals surface area contributed by atoms with Crippen molar-refractivity contribution in [1.82, 2.24) is 10.2 Å². The molecule has 2 aliphatic rings. The van der Waals surface area contributed by atoms with E-state index in [1.54, 1.807) is 0 Å². The van der Waals surface area contributed by atoms with E-state index >= 15 is 0 Å². The van der Waals surface area contributed by atoms with Crippen LogP contribution < -0.4 is 11.1 Å². The second-order valence-electron chi connectivity index (χ2n) is 10.5. The minimum atomic E-state index is 0.593. The Hall–Kier alpha value is -3.60. The van der Waals surface area contributed by atoms with Gasteiger partial charge in [0, 0.05) is 41.7 Å². The molecule has 1 heterocycles. The third-order valence-electron chi connectivity index (χ3n) is 7.89. The fourth-order valence-electron chi connectivity index (χ4n) is 5.73. The lowest BCUT2D eigenvalue weighted by Gasteiger charge is -2.36. The van der Waals surface area contributed by atoms with E-state index < -0.39 is 0 Å². The molecule has 0 unspecified atom stereocenters. The lowest BCUT2D eigenvalue weighted by Crippen LogP contribution is -2.37. The number of benzene rings is 2. The quantitative estimate of drug-likeness (QED) is 0.282. The van der Waals surface area contributed by atoms with Crippen molar-refractivity contribution in [1.29, 1.82) is 0 Å². The SMILES string of the molecule is C=C1C(Cc2ccc(-c3ccccc3C(=CN)NC=O)cc2)=C(CCCC)N=C(C)N1CC1CCCCC1.CC. The van der Waals surface area contributed by atoms with Gasteiger partial charge in [-0.1, -0.05) is 102 Å². The minimum absolute atomic E-state index is 0.593. The van der Waals surface area contributed by atoms with E-state index in [2.05, 4.69) is 61.0 Å². The number of nitrogens with zero attached hydrogens (tertiary/aromatic N) is 2. The molecule has 2 aromatic rings. The number of nitrogens with one attached hydrogen (secondary N) is 1. The van der Waals surface area contributed by atoms with Crippen LogP contribution in [0.2, 0.25) is 0 Å². The Morgan fingerprint density at radius 2 is 1.80 bits per heavy atom. The third kappa shape index (κ3) is 7.74. The van der Waals surface area contributed by atoms with Crippen molar-refractivity contribution in [2.45, 2.75) is 85.5 Å². The Bertz CT molecular complexity index is 1220. The first-order chi connectivity index (χ1) is 19.5. The number of aliphatic imine (C=N–C) groups is 1. The van der Waals surface area contributed by atoms with E-state index in [1.807, 2.05) is 32.0 Å². The van der Waals surface area contributed by atoms with Crippen LogP contribution in [0.4, 0.5) is 0 Å². The first-order valence-electron chi connectivity index (χ1n) is 15.1. The van der Waals surface area contributed by atoms with Gasteiger partial charge < -0.3 is 16.0 Å². The molecule has 3 N–H and O–H groups in total. The molecule has 1 saturated carbocycles. The van der Waals surface area contributed by atoms with Crippen LogP contribution in [0.1, 0.15) is 90.2 Å². The molecule has 214 valence electrons. The molecule has 0 bridgehead atoms. The summed E-state index contributed by atoms with van der Waals surface area (Å²) in [6.45, 7) is 14.0. The van der Waals surface area contributed by atoms with Gasteiger partial charge in [-0.05, 0) is 55.2 Å². The molecule has 0 spiro atoms. The topological polar surface area (TPSA) is 70.7 Å². The van der Waals surface area contributed by atoms with Gasteiger partial charge in [0.05, 0.1) is 5.70 Å². The molecule has 0 radical (unpaired) electrons. The van der Waals surface area contributed by atoms with Gasteiger partial charge in [-0.25, -0.2) is 4.99 Å². The van der Waals surface area contributed by atoms with Crippen molar-refractivity contribution in [2.75, 3.05) is 6.54 Å². The normalized spacial score (nSPS) is 16.3. The van der Waals surface area contributed by atoms with Gasteiger partial charge in [0.25, 0.3) is 0 Å². The van der Waals surface area contributed by atoms with Gasteiger partial charge >= 0.3 is 0 Å². The monoisotopic (exact) mass is 540 g/mol. The molecule has 0 saturated heterocycles. The van der Waals surface area contributed by atoms with Gasteiger partial charge in [0.15, 0.2) is 0 Å². The first kappa shape index (κ1) is 30.9. The second kappa shape index (κ2) is 15.9. The van der Waals surface area contributed by atoms with E-state index in [0.29, 0.717) is 12.1 Å². The zero-order valence-corrected chi connectivity index (χ0v) is 25.0. The highest BCUT2D eigenvalue weighted by molar-refractivity contribution is 5.85. The van der Waals surface area contributed by atoms with Crippen LogP contribution in [0, 0.1) is 5.92 Å². The number of hydrogen-bond donors (Lipinski definition) is 2. The third-order valence-corrected chi connectivity index (χ3v) is 7.89. The van der Waals surface area contributed by atoms with Gasteiger partial charge in [0.2, 0.25) is 6.41 Å². The molecule has 1 fully saturated rings. The summed E-state index contributed by atoms with van der Waals surface area (Å²) in [4.78, 5) is 18.6. The zero-order valence-electron chi connectivity index (χ0n) is 25.0. The highest BCUT2D eigenvalue weighted by Crippen LogP contribution is 2.34. The summed E-state index contributed by atoms with van der Waals surface area (Å²) < 4.78 is 0. The summed E-state index contributed by atoms with van der Waals surface area (Å²) in [6.07, 6.45) is 12.8. The van der Waals surface area contributed by atoms with Crippen LogP contribution in [0.25, 0.3) is 16.8 Å². The van der Waals surface area contributed by atoms with Crippen LogP contribution in [0.5, 0.6) is 0 Å². The van der Waals surface area contributed by atoms with Crippen LogP contribution in [0.15, 0.2) is 83.3 Å². The standard InChI is InChI=1S/C33H42N4O.C2H6/c1-4-5-15-32-31(24(2)37(25(3)36-32)22-27-11-7-6-8-12-27)20-26-16-18-28(19-17-26)29-13-9-10-14-30(29)33(21-34)35-23-38;1-2/h9-10,13-14,16-19,21,23,27H,2,4-8,11-12,15,20,22,34H2,1,3H3,(H,35,38);1-2H3. The fourth-order valence-corrected chi connectivity index (χ4v) is 5.73. The molecular weight excluding hydrogens is 492 g/mol. The molecule has 5 nitrogen and oxygen atoms in total. The number of nitrogens with two attached hydrogens (primary N) is 1. The average Bonchev–Trinajstić information content (AvgIpc) is 3.00. The number of hydrogen-bond acceptors (Lipinski definition) is 4. The van der Waals surface area contributed by atoms with Gasteiger partial charge in [0.1, 0.15) is 5.84 Å². The van der Waals surface area contributed by atoms with Crippen molar-refractivity contribution in [3.63, 3.8) is 0 Å². The van der Waals surface area contributed by atoms with Gasteiger partial charge in [-0.15, -0.1) is 0 Å². The second-order valence-corrected chi connectivity index (χ2v) is 10.5. The summed E-state index contributed by atoms with van der Waals surface area (Å²) in [7, 11) is 0. The van der Waals surface area contributed by atoms with Crippen molar-refractivity contribution in [2.24, 2.45) is 16.6 Å². The number of rotatable bonds is 11. The van der Waals surface area contributed by atoms with Crippen molar-refractivity contribution in [3.8, 4) is 11.1 Å². The Labute approximate surface area is 242 Å². The lowest BCUT2D eigenvalue weighted by atomic mass is 9.88. The Balaban J connectivity index is 0.00000216. The van der Waals surface area contributed by atoms with Crippen LogP contribution >= 0.6 is 0 Å². The van der Waals surface area contributed by atoms with Crippen LogP contribution in [0.3, 0.4) is 0 Å². The van der Waals surface area contributed by atoms with E-state index in [-0.39, 0.29) is 0 Å². The minimum Gasteiger partial charge on any atom is -0.403 e. The molecule has 1 amide bonds. The Kier molecular flexibility index (Phi) is 12.3. The molecule has 0 atom stereocenters. The maximum Gasteiger partial charge on any atom is 0.211 e. The largest absolute Gasteiger partial charge is 0.403 e. The van der Waals surface area contributed by atoms with Crippen molar-refractivity contribution < 1.29 is 4.79 Å². The van der Waals surface area contributed by atoms with E-state index in [0.717, 1.165) is 66.4 Å². The predicted octanol–water partition coefficient (Wildman–Crippen LogP) is 8.20. The van der Waals surface area contributed by atoms with Crippen molar-refractivity contribution in [3.05, 3.63) is 89.4 Å². The first-order valence-corrected chi connectivity index (χ1v) is 15.1. The van der Waals surface area contributed by atoms with E-state index in [9.17, 15) is 4.79 Å². The van der Waals surface area contributed by atoms with Crippen molar-refractivity contribution >= 4 is 17.9 Å². The lowest BCUT2D eigenvalue weighted by molar-refractivity contribution is -0.108. The number of allylic oxidation sites excluding steroid dienone is 2. The number of carbonyl (C=O) groups is 1. The smallest absolute Gasteiger partial charge is 0.211 e. The molecule has 5 heteroatoms. The molecule has 1 aliphatic carbocycles. The van der Waals surface area contributed by atoms with Gasteiger partial charge in [-0.3, -0.25) is 4.79 Å². The fraction of sp³-hybridized carbons (Fsp3) is 0.429. The summed E-state index contributed by atoms with van der Waals surface area (Å²) in [5.74, 6) is 1.82. The van der Waals surface area contributed by atoms with E-state index in [1.165, 1.54) is 55.1 Å². The predicted molar refractivity (Wildman–Crippen MR) is 170 cm³/mol. The molecule has 4 rings (SSSR count). The number of unbranched alkanes of at least 4 members (excludes halogenated alkanes) is 1. The van der Waals surface area contributed by atoms with Crippen LogP contribution in [-0.2, 0) is 11.2 Å². The van der Waals surface area contributed by atoms with Crippen LogP contribution in [-0.4, -0.2) is 23.7 Å². The van der Waals surface area contributed by atoms with Gasteiger partial charge in [-0.2, -0.15) is 0 Å². The Morgan fingerprint density at radius 3 is 2.45 bits per heavy atom. The Morgan fingerprint density at radius 1 is 1.10 bits per heavy atom.